The highest BCUT2D eigenvalue weighted by Crippen LogP contribution is 2.28. The quantitative estimate of drug-likeness (QED) is 0.612. The van der Waals surface area contributed by atoms with Gasteiger partial charge < -0.3 is 0 Å². The fourth-order valence-electron chi connectivity index (χ4n) is 1.68. The molecule has 14 heavy (non-hydrogen) atoms. The van der Waals surface area contributed by atoms with E-state index in [9.17, 15) is 0 Å². The van der Waals surface area contributed by atoms with E-state index in [-0.39, 0.29) is 5.41 Å². The van der Waals surface area contributed by atoms with Crippen molar-refractivity contribution < 1.29 is 0 Å². The van der Waals surface area contributed by atoms with Crippen LogP contribution in [0.2, 0.25) is 0 Å². The highest BCUT2D eigenvalue weighted by Gasteiger charge is 2.16. The van der Waals surface area contributed by atoms with Crippen molar-refractivity contribution in [3.05, 3.63) is 42.1 Å². The van der Waals surface area contributed by atoms with E-state index in [1.54, 1.807) is 0 Å². The second-order valence-corrected chi connectivity index (χ2v) is 4.54. The number of hydrogen-bond acceptors (Lipinski definition) is 1. The zero-order valence-electron chi connectivity index (χ0n) is 8.83. The number of hydrogen-bond donors (Lipinski definition) is 0. The molecule has 0 unspecified atom stereocenters. The van der Waals surface area contributed by atoms with E-state index < -0.39 is 0 Å². The van der Waals surface area contributed by atoms with Crippen molar-refractivity contribution in [1.29, 1.82) is 0 Å². The number of para-hydroxylation sites is 1. The molecule has 0 amide bonds. The van der Waals surface area contributed by atoms with Crippen LogP contribution in [0.5, 0.6) is 0 Å². The molecule has 2 rings (SSSR count). The SMILES string of the molecule is CC(C)(C)c1ccnc2[c]cccc12. The normalized spacial score (nSPS) is 11.9. The van der Waals surface area contributed by atoms with Crippen LogP contribution in [0.4, 0.5) is 0 Å². The molecule has 0 saturated carbocycles. The predicted octanol–water partition coefficient (Wildman–Crippen LogP) is 3.33. The number of rotatable bonds is 0. The summed E-state index contributed by atoms with van der Waals surface area (Å²) in [7, 11) is 0. The summed E-state index contributed by atoms with van der Waals surface area (Å²) in [6.07, 6.45) is 1.86. The molecule has 1 aromatic heterocycles. The van der Waals surface area contributed by atoms with E-state index in [0.29, 0.717) is 0 Å². The lowest BCUT2D eigenvalue weighted by Crippen LogP contribution is -2.11. The van der Waals surface area contributed by atoms with Crippen LogP contribution in [-0.2, 0) is 5.41 Å². The van der Waals surface area contributed by atoms with Gasteiger partial charge in [-0.2, -0.15) is 0 Å². The standard InChI is InChI=1S/C13H14N/c1-13(2,3)11-8-9-14-12-7-5-4-6-10(11)12/h4-6,8-9H,1-3H3. The number of benzene rings is 1. The summed E-state index contributed by atoms with van der Waals surface area (Å²) < 4.78 is 0. The fourth-order valence-corrected chi connectivity index (χ4v) is 1.68. The van der Waals surface area contributed by atoms with Gasteiger partial charge in [0.05, 0.1) is 5.52 Å². The maximum Gasteiger partial charge on any atom is 0.0784 e. The summed E-state index contributed by atoms with van der Waals surface area (Å²) in [5.74, 6) is 0. The number of pyridine rings is 1. The largest absolute Gasteiger partial charge is 0.256 e. The molecule has 1 nitrogen and oxygen atoms in total. The zero-order valence-corrected chi connectivity index (χ0v) is 8.83. The molecule has 1 heteroatoms. The Morgan fingerprint density at radius 3 is 2.71 bits per heavy atom. The molecule has 0 bridgehead atoms. The third-order valence-corrected chi connectivity index (χ3v) is 2.38. The first kappa shape index (κ1) is 9.20. The van der Waals surface area contributed by atoms with Crippen LogP contribution in [0, 0.1) is 6.07 Å². The smallest absolute Gasteiger partial charge is 0.0784 e. The van der Waals surface area contributed by atoms with E-state index in [1.165, 1.54) is 10.9 Å². The van der Waals surface area contributed by atoms with Crippen molar-refractivity contribution in [2.75, 3.05) is 0 Å². The third-order valence-electron chi connectivity index (χ3n) is 2.38. The Morgan fingerprint density at radius 2 is 2.00 bits per heavy atom. The molecule has 0 atom stereocenters. The van der Waals surface area contributed by atoms with Gasteiger partial charge in [0.1, 0.15) is 0 Å². The van der Waals surface area contributed by atoms with E-state index in [0.717, 1.165) is 5.52 Å². The Balaban J connectivity index is 2.78. The van der Waals surface area contributed by atoms with Crippen LogP contribution in [0.15, 0.2) is 30.5 Å². The van der Waals surface area contributed by atoms with Crippen LogP contribution in [-0.4, -0.2) is 4.98 Å². The summed E-state index contributed by atoms with van der Waals surface area (Å²) in [6.45, 7) is 6.65. The molecule has 0 aliphatic carbocycles. The highest BCUT2D eigenvalue weighted by molar-refractivity contribution is 5.82. The van der Waals surface area contributed by atoms with Gasteiger partial charge in [0.2, 0.25) is 0 Å². The number of aromatic nitrogens is 1. The van der Waals surface area contributed by atoms with Crippen LogP contribution < -0.4 is 0 Å². The molecule has 0 aliphatic heterocycles. The second kappa shape index (κ2) is 3.09. The molecular weight excluding hydrogens is 170 g/mol. The van der Waals surface area contributed by atoms with Crippen LogP contribution >= 0.6 is 0 Å². The molecule has 0 aliphatic rings. The minimum absolute atomic E-state index is 0.163. The number of nitrogens with zero attached hydrogens (tertiary/aromatic N) is 1. The molecule has 0 saturated heterocycles. The van der Waals surface area contributed by atoms with Crippen molar-refractivity contribution in [2.24, 2.45) is 0 Å². The molecule has 0 N–H and O–H groups in total. The average Bonchev–Trinajstić information content (AvgIpc) is 2.15. The van der Waals surface area contributed by atoms with Gasteiger partial charge in [0, 0.05) is 17.6 Å². The van der Waals surface area contributed by atoms with Gasteiger partial charge in [0.25, 0.3) is 0 Å². The van der Waals surface area contributed by atoms with Crippen molar-refractivity contribution in [3.8, 4) is 0 Å². The minimum atomic E-state index is 0.163. The molecule has 0 fully saturated rings. The summed E-state index contributed by atoms with van der Waals surface area (Å²) in [6, 6.07) is 11.3. The Kier molecular flexibility index (Phi) is 2.03. The van der Waals surface area contributed by atoms with Gasteiger partial charge in [-0.05, 0) is 17.0 Å². The van der Waals surface area contributed by atoms with Gasteiger partial charge in [-0.1, -0.05) is 39.0 Å². The third kappa shape index (κ3) is 1.50. The van der Waals surface area contributed by atoms with Crippen molar-refractivity contribution >= 4 is 10.9 Å². The first-order valence-electron chi connectivity index (χ1n) is 4.85. The number of fused-ring (bicyclic) bond motifs is 1. The Labute approximate surface area is 84.8 Å². The van der Waals surface area contributed by atoms with Gasteiger partial charge in [-0.3, -0.25) is 4.98 Å². The van der Waals surface area contributed by atoms with Gasteiger partial charge in [0.15, 0.2) is 0 Å². The van der Waals surface area contributed by atoms with Crippen LogP contribution in [0.25, 0.3) is 10.9 Å². The zero-order chi connectivity index (χ0) is 10.2. The summed E-state index contributed by atoms with van der Waals surface area (Å²) in [5.41, 5.74) is 2.45. The van der Waals surface area contributed by atoms with Crippen LogP contribution in [0.3, 0.4) is 0 Å². The molecular formula is C13H14N. The molecule has 0 spiro atoms. The highest BCUT2D eigenvalue weighted by atomic mass is 14.6. The van der Waals surface area contributed by atoms with Crippen molar-refractivity contribution in [1.82, 2.24) is 4.98 Å². The van der Waals surface area contributed by atoms with E-state index >= 15 is 0 Å². The Hall–Kier alpha value is -1.37. The lowest BCUT2D eigenvalue weighted by molar-refractivity contribution is 0.595. The van der Waals surface area contributed by atoms with E-state index in [4.69, 9.17) is 0 Å². The molecule has 1 heterocycles. The molecule has 2 aromatic rings. The van der Waals surface area contributed by atoms with Gasteiger partial charge in [-0.25, -0.2) is 0 Å². The first-order chi connectivity index (χ1) is 6.59. The fraction of sp³-hybridized carbons (Fsp3) is 0.308. The maximum absolute atomic E-state index is 4.30. The molecule has 1 radical (unpaired) electrons. The summed E-state index contributed by atoms with van der Waals surface area (Å²) >= 11 is 0. The van der Waals surface area contributed by atoms with Gasteiger partial charge >= 0.3 is 0 Å². The first-order valence-corrected chi connectivity index (χ1v) is 4.85. The van der Waals surface area contributed by atoms with Crippen molar-refractivity contribution in [3.63, 3.8) is 0 Å². The predicted molar refractivity (Wildman–Crippen MR) is 59.3 cm³/mol. The average molecular weight is 184 g/mol. The van der Waals surface area contributed by atoms with Gasteiger partial charge in [-0.15, -0.1) is 0 Å². The Bertz CT molecular complexity index is 447. The minimum Gasteiger partial charge on any atom is -0.256 e. The summed E-state index contributed by atoms with van der Waals surface area (Å²) in [4.78, 5) is 4.30. The Morgan fingerprint density at radius 1 is 1.21 bits per heavy atom. The van der Waals surface area contributed by atoms with Crippen molar-refractivity contribution in [2.45, 2.75) is 26.2 Å². The monoisotopic (exact) mass is 184 g/mol. The lowest BCUT2D eigenvalue weighted by atomic mass is 9.85. The topological polar surface area (TPSA) is 12.9 Å². The second-order valence-electron chi connectivity index (χ2n) is 4.54. The lowest BCUT2D eigenvalue weighted by Gasteiger charge is -2.20. The van der Waals surface area contributed by atoms with E-state index in [2.05, 4.69) is 44.0 Å². The van der Waals surface area contributed by atoms with E-state index in [1.807, 2.05) is 18.3 Å². The maximum atomic E-state index is 4.30. The molecule has 1 aromatic carbocycles. The van der Waals surface area contributed by atoms with Crippen LogP contribution in [0.1, 0.15) is 26.3 Å². The summed E-state index contributed by atoms with van der Waals surface area (Å²) in [5, 5.41) is 1.21. The molecule has 71 valence electrons.